The van der Waals surface area contributed by atoms with Crippen molar-refractivity contribution >= 4 is 23.2 Å². The highest BCUT2D eigenvalue weighted by Crippen LogP contribution is 2.36. The van der Waals surface area contributed by atoms with E-state index >= 15 is 0 Å². The number of rotatable bonds is 4. The Morgan fingerprint density at radius 3 is 2.52 bits per heavy atom. The molecule has 2 heterocycles. The fourth-order valence-electron chi connectivity index (χ4n) is 3.46. The van der Waals surface area contributed by atoms with Crippen LogP contribution in [0.25, 0.3) is 0 Å². The standard InChI is InChI=1S/C17H21N3O5/c1-11-5-7-18(8-6-11)14-10-16(21)19(17(14)22)13-4-3-12(20(23)24)9-15(13)25-2/h3-4,9,11,14H,5-8,10H2,1-2H3. The highest BCUT2D eigenvalue weighted by Gasteiger charge is 2.44. The smallest absolute Gasteiger partial charge is 0.273 e. The third-order valence-electron chi connectivity index (χ3n) is 5.00. The van der Waals surface area contributed by atoms with Gasteiger partial charge in [0.05, 0.1) is 36.2 Å². The van der Waals surface area contributed by atoms with Gasteiger partial charge in [-0.3, -0.25) is 24.6 Å². The van der Waals surface area contributed by atoms with E-state index in [1.165, 1.54) is 25.3 Å². The molecular weight excluding hydrogens is 326 g/mol. The molecule has 0 aromatic heterocycles. The van der Waals surface area contributed by atoms with Gasteiger partial charge >= 0.3 is 0 Å². The average molecular weight is 347 g/mol. The monoisotopic (exact) mass is 347 g/mol. The van der Waals surface area contributed by atoms with E-state index in [-0.39, 0.29) is 35.4 Å². The first kappa shape index (κ1) is 17.3. The fourth-order valence-corrected chi connectivity index (χ4v) is 3.46. The molecule has 8 heteroatoms. The molecule has 2 fully saturated rings. The Hall–Kier alpha value is -2.48. The number of amides is 2. The molecule has 1 unspecified atom stereocenters. The second-order valence-corrected chi connectivity index (χ2v) is 6.62. The van der Waals surface area contributed by atoms with Crippen molar-refractivity contribution in [3.63, 3.8) is 0 Å². The maximum atomic E-state index is 12.9. The average Bonchev–Trinajstić information content (AvgIpc) is 2.89. The van der Waals surface area contributed by atoms with Gasteiger partial charge in [-0.15, -0.1) is 0 Å². The number of benzene rings is 1. The van der Waals surface area contributed by atoms with Crippen molar-refractivity contribution in [1.82, 2.24) is 4.90 Å². The highest BCUT2D eigenvalue weighted by atomic mass is 16.6. The second kappa shape index (κ2) is 6.79. The number of nitrogens with zero attached hydrogens (tertiary/aromatic N) is 3. The molecule has 2 aliphatic heterocycles. The van der Waals surface area contributed by atoms with Crippen LogP contribution in [-0.2, 0) is 9.59 Å². The summed E-state index contributed by atoms with van der Waals surface area (Å²) in [6, 6.07) is 3.44. The molecule has 0 saturated carbocycles. The van der Waals surface area contributed by atoms with Gasteiger partial charge < -0.3 is 4.74 Å². The summed E-state index contributed by atoms with van der Waals surface area (Å²) in [6.07, 6.45) is 2.16. The number of likely N-dealkylation sites (tertiary alicyclic amines) is 1. The number of carbonyl (C=O) groups excluding carboxylic acids is 2. The number of piperidine rings is 1. The fraction of sp³-hybridized carbons (Fsp3) is 0.529. The lowest BCUT2D eigenvalue weighted by molar-refractivity contribution is -0.384. The number of non-ortho nitro benzene ring substituents is 1. The zero-order valence-corrected chi connectivity index (χ0v) is 14.3. The second-order valence-electron chi connectivity index (χ2n) is 6.62. The van der Waals surface area contributed by atoms with Gasteiger partial charge in [0, 0.05) is 6.07 Å². The van der Waals surface area contributed by atoms with Crippen LogP contribution in [-0.4, -0.2) is 47.9 Å². The Labute approximate surface area is 145 Å². The Balaban J connectivity index is 1.86. The van der Waals surface area contributed by atoms with E-state index in [1.807, 2.05) is 0 Å². The zero-order chi connectivity index (χ0) is 18.1. The van der Waals surface area contributed by atoms with Crippen molar-refractivity contribution in [1.29, 1.82) is 0 Å². The maximum absolute atomic E-state index is 12.9. The van der Waals surface area contributed by atoms with E-state index in [1.54, 1.807) is 0 Å². The Morgan fingerprint density at radius 2 is 1.92 bits per heavy atom. The van der Waals surface area contributed by atoms with Crippen LogP contribution in [0, 0.1) is 16.0 Å². The van der Waals surface area contributed by atoms with Crippen LogP contribution in [0.3, 0.4) is 0 Å². The largest absolute Gasteiger partial charge is 0.494 e. The molecule has 1 atom stereocenters. The first-order valence-electron chi connectivity index (χ1n) is 8.35. The summed E-state index contributed by atoms with van der Waals surface area (Å²) in [5.74, 6) is 0.186. The van der Waals surface area contributed by atoms with Crippen LogP contribution in [0.5, 0.6) is 5.75 Å². The van der Waals surface area contributed by atoms with Crippen LogP contribution < -0.4 is 9.64 Å². The first-order valence-corrected chi connectivity index (χ1v) is 8.35. The topological polar surface area (TPSA) is 93.0 Å². The number of nitro groups is 1. The van der Waals surface area contributed by atoms with E-state index < -0.39 is 11.0 Å². The molecule has 0 bridgehead atoms. The molecule has 25 heavy (non-hydrogen) atoms. The van der Waals surface area contributed by atoms with Gasteiger partial charge in [0.15, 0.2) is 0 Å². The Morgan fingerprint density at radius 1 is 1.24 bits per heavy atom. The predicted octanol–water partition coefficient (Wildman–Crippen LogP) is 1.97. The van der Waals surface area contributed by atoms with Crippen LogP contribution >= 0.6 is 0 Å². The number of carbonyl (C=O) groups is 2. The minimum absolute atomic E-state index is 0.132. The molecule has 1 aromatic rings. The summed E-state index contributed by atoms with van der Waals surface area (Å²) in [5.41, 5.74) is 0.109. The van der Waals surface area contributed by atoms with Crippen molar-refractivity contribution in [2.45, 2.75) is 32.2 Å². The molecule has 134 valence electrons. The number of imide groups is 1. The lowest BCUT2D eigenvalue weighted by atomic mass is 9.97. The quantitative estimate of drug-likeness (QED) is 0.470. The van der Waals surface area contributed by atoms with Gasteiger partial charge in [-0.05, 0) is 37.9 Å². The number of nitro benzene ring substituents is 1. The molecule has 0 radical (unpaired) electrons. The van der Waals surface area contributed by atoms with Crippen molar-refractivity contribution in [2.75, 3.05) is 25.1 Å². The predicted molar refractivity (Wildman–Crippen MR) is 90.5 cm³/mol. The van der Waals surface area contributed by atoms with E-state index in [9.17, 15) is 19.7 Å². The summed E-state index contributed by atoms with van der Waals surface area (Å²) in [6.45, 7) is 3.79. The normalized spacial score (nSPS) is 22.5. The van der Waals surface area contributed by atoms with Crippen LogP contribution in [0.2, 0.25) is 0 Å². The number of anilines is 1. The molecule has 8 nitrogen and oxygen atoms in total. The molecule has 2 aliphatic rings. The van der Waals surface area contributed by atoms with E-state index in [4.69, 9.17) is 4.74 Å². The zero-order valence-electron chi connectivity index (χ0n) is 14.3. The SMILES string of the molecule is COc1cc([N+](=O)[O-])ccc1N1C(=O)CC(N2CCC(C)CC2)C1=O. The molecular formula is C17H21N3O5. The van der Waals surface area contributed by atoms with Crippen LogP contribution in [0.1, 0.15) is 26.2 Å². The van der Waals surface area contributed by atoms with Crippen molar-refractivity contribution in [2.24, 2.45) is 5.92 Å². The molecule has 0 aliphatic carbocycles. The molecule has 2 amide bonds. The van der Waals surface area contributed by atoms with Gasteiger partial charge in [0.1, 0.15) is 5.75 Å². The number of hydrogen-bond donors (Lipinski definition) is 0. The van der Waals surface area contributed by atoms with Crippen molar-refractivity contribution in [3.05, 3.63) is 28.3 Å². The molecule has 1 aromatic carbocycles. The summed E-state index contributed by atoms with van der Waals surface area (Å²) in [5, 5.41) is 10.9. The minimum Gasteiger partial charge on any atom is -0.494 e. The van der Waals surface area contributed by atoms with E-state index in [0.29, 0.717) is 5.92 Å². The van der Waals surface area contributed by atoms with Gasteiger partial charge in [-0.25, -0.2) is 4.90 Å². The first-order chi connectivity index (χ1) is 11.9. The van der Waals surface area contributed by atoms with Gasteiger partial charge in [-0.1, -0.05) is 6.92 Å². The maximum Gasteiger partial charge on any atom is 0.273 e. The van der Waals surface area contributed by atoms with Crippen molar-refractivity contribution in [3.8, 4) is 5.75 Å². The highest BCUT2D eigenvalue weighted by molar-refractivity contribution is 6.23. The Kier molecular flexibility index (Phi) is 4.71. The molecule has 0 spiro atoms. The number of hydrogen-bond acceptors (Lipinski definition) is 6. The van der Waals surface area contributed by atoms with Gasteiger partial charge in [0.25, 0.3) is 11.6 Å². The lowest BCUT2D eigenvalue weighted by Gasteiger charge is -2.33. The number of ether oxygens (including phenoxy) is 1. The summed E-state index contributed by atoms with van der Waals surface area (Å²) in [4.78, 5) is 38.9. The minimum atomic E-state index is -0.544. The molecule has 3 rings (SSSR count). The van der Waals surface area contributed by atoms with Crippen LogP contribution in [0.4, 0.5) is 11.4 Å². The van der Waals surface area contributed by atoms with Crippen LogP contribution in [0.15, 0.2) is 18.2 Å². The summed E-state index contributed by atoms with van der Waals surface area (Å²) in [7, 11) is 1.36. The molecule has 2 saturated heterocycles. The van der Waals surface area contributed by atoms with Gasteiger partial charge in [0.2, 0.25) is 5.91 Å². The summed E-state index contributed by atoms with van der Waals surface area (Å²) < 4.78 is 5.18. The summed E-state index contributed by atoms with van der Waals surface area (Å²) >= 11 is 0. The Bertz CT molecular complexity index is 712. The lowest BCUT2D eigenvalue weighted by Crippen LogP contribution is -2.45. The third-order valence-corrected chi connectivity index (χ3v) is 5.00. The van der Waals surface area contributed by atoms with Gasteiger partial charge in [-0.2, -0.15) is 0 Å². The van der Waals surface area contributed by atoms with E-state index in [2.05, 4.69) is 11.8 Å². The molecule has 0 N–H and O–H groups in total. The third kappa shape index (κ3) is 3.21. The van der Waals surface area contributed by atoms with E-state index in [0.717, 1.165) is 30.8 Å². The number of methoxy groups -OCH3 is 1. The van der Waals surface area contributed by atoms with Crippen molar-refractivity contribution < 1.29 is 19.2 Å².